The van der Waals surface area contributed by atoms with E-state index in [1.54, 1.807) is 24.3 Å². The Morgan fingerprint density at radius 1 is 1.07 bits per heavy atom. The van der Waals surface area contributed by atoms with E-state index in [0.717, 1.165) is 5.56 Å². The summed E-state index contributed by atoms with van der Waals surface area (Å²) in [7, 11) is -3.06. The molecule has 0 aromatic heterocycles. The van der Waals surface area contributed by atoms with Crippen LogP contribution in [0.2, 0.25) is 0 Å². The van der Waals surface area contributed by atoms with Gasteiger partial charge in [0.15, 0.2) is 9.84 Å². The molecular weight excluding hydrogens is 374 g/mol. The highest BCUT2D eigenvalue weighted by molar-refractivity contribution is 7.90. The van der Waals surface area contributed by atoms with Crippen molar-refractivity contribution < 1.29 is 17.9 Å². The molecule has 0 atom stereocenters. The van der Waals surface area contributed by atoms with Gasteiger partial charge in [-0.3, -0.25) is 4.79 Å². The van der Waals surface area contributed by atoms with E-state index in [4.69, 9.17) is 4.74 Å². The lowest BCUT2D eigenvalue weighted by Gasteiger charge is -2.19. The van der Waals surface area contributed by atoms with Crippen molar-refractivity contribution in [3.63, 3.8) is 0 Å². The number of ether oxygens (including phenoxy) is 1. The second-order valence-electron chi connectivity index (χ2n) is 8.00. The van der Waals surface area contributed by atoms with Crippen LogP contribution >= 0.6 is 0 Å². The molecule has 0 spiro atoms. The van der Waals surface area contributed by atoms with E-state index in [1.807, 2.05) is 0 Å². The SMILES string of the molecule is CC(C)(C)c1ccc(CCC(=O)Nc2cccc(OCCS(C)(=O)=O)c2)cc1. The first-order chi connectivity index (χ1) is 13.0. The van der Waals surface area contributed by atoms with Crippen molar-refractivity contribution in [3.8, 4) is 5.75 Å². The Labute approximate surface area is 168 Å². The summed E-state index contributed by atoms with van der Waals surface area (Å²) in [5, 5.41) is 2.86. The number of benzene rings is 2. The summed E-state index contributed by atoms with van der Waals surface area (Å²) < 4.78 is 27.7. The molecule has 2 aromatic carbocycles. The van der Waals surface area contributed by atoms with Gasteiger partial charge in [0.05, 0.1) is 5.75 Å². The van der Waals surface area contributed by atoms with Gasteiger partial charge in [0.2, 0.25) is 5.91 Å². The van der Waals surface area contributed by atoms with Crippen LogP contribution in [0, 0.1) is 0 Å². The zero-order valence-corrected chi connectivity index (χ0v) is 17.8. The maximum absolute atomic E-state index is 12.2. The lowest BCUT2D eigenvalue weighted by molar-refractivity contribution is -0.116. The molecule has 0 saturated heterocycles. The number of rotatable bonds is 8. The van der Waals surface area contributed by atoms with Gasteiger partial charge in [-0.05, 0) is 35.1 Å². The highest BCUT2D eigenvalue weighted by Crippen LogP contribution is 2.22. The number of carbonyl (C=O) groups is 1. The van der Waals surface area contributed by atoms with E-state index in [0.29, 0.717) is 24.3 Å². The van der Waals surface area contributed by atoms with Crippen LogP contribution in [-0.4, -0.2) is 32.9 Å². The normalized spacial score (nSPS) is 11.9. The number of carbonyl (C=O) groups excluding carboxylic acids is 1. The van der Waals surface area contributed by atoms with Crippen LogP contribution in [0.5, 0.6) is 5.75 Å². The van der Waals surface area contributed by atoms with Crippen molar-refractivity contribution in [2.75, 3.05) is 23.9 Å². The minimum atomic E-state index is -3.06. The Morgan fingerprint density at radius 3 is 2.36 bits per heavy atom. The second kappa shape index (κ2) is 9.24. The van der Waals surface area contributed by atoms with Crippen LogP contribution in [0.3, 0.4) is 0 Å². The molecule has 0 unspecified atom stereocenters. The van der Waals surface area contributed by atoms with E-state index in [9.17, 15) is 13.2 Å². The van der Waals surface area contributed by atoms with E-state index in [-0.39, 0.29) is 23.7 Å². The summed E-state index contributed by atoms with van der Waals surface area (Å²) >= 11 is 0. The minimum Gasteiger partial charge on any atom is -0.492 e. The first-order valence-electron chi connectivity index (χ1n) is 9.33. The molecule has 0 radical (unpaired) electrons. The van der Waals surface area contributed by atoms with Crippen molar-refractivity contribution in [2.45, 2.75) is 39.0 Å². The molecule has 0 aliphatic heterocycles. The molecule has 5 nitrogen and oxygen atoms in total. The summed E-state index contributed by atoms with van der Waals surface area (Å²) in [6, 6.07) is 15.3. The van der Waals surface area contributed by atoms with Gasteiger partial charge in [-0.25, -0.2) is 8.42 Å². The molecule has 2 rings (SSSR count). The molecule has 0 bridgehead atoms. The average molecular weight is 404 g/mol. The van der Waals surface area contributed by atoms with Gasteiger partial charge in [-0.1, -0.05) is 51.1 Å². The van der Waals surface area contributed by atoms with Crippen LogP contribution in [0.1, 0.15) is 38.3 Å². The van der Waals surface area contributed by atoms with E-state index in [2.05, 4.69) is 50.4 Å². The Balaban J connectivity index is 1.85. The number of hydrogen-bond acceptors (Lipinski definition) is 4. The smallest absolute Gasteiger partial charge is 0.224 e. The predicted molar refractivity (Wildman–Crippen MR) is 114 cm³/mol. The van der Waals surface area contributed by atoms with Gasteiger partial charge < -0.3 is 10.1 Å². The molecule has 6 heteroatoms. The third-order valence-corrected chi connectivity index (χ3v) is 5.21. The zero-order valence-electron chi connectivity index (χ0n) is 17.0. The number of anilines is 1. The molecular formula is C22H29NO4S. The number of amides is 1. The number of hydrogen-bond donors (Lipinski definition) is 1. The Kier molecular flexibility index (Phi) is 7.24. The van der Waals surface area contributed by atoms with Gasteiger partial charge in [0.1, 0.15) is 12.4 Å². The second-order valence-corrected chi connectivity index (χ2v) is 10.3. The van der Waals surface area contributed by atoms with Gasteiger partial charge in [0.25, 0.3) is 0 Å². The van der Waals surface area contributed by atoms with Crippen molar-refractivity contribution in [1.29, 1.82) is 0 Å². The lowest BCUT2D eigenvalue weighted by Crippen LogP contribution is -2.14. The molecule has 1 amide bonds. The molecule has 28 heavy (non-hydrogen) atoms. The van der Waals surface area contributed by atoms with E-state index < -0.39 is 9.84 Å². The van der Waals surface area contributed by atoms with Crippen LogP contribution in [0.25, 0.3) is 0 Å². The molecule has 1 N–H and O–H groups in total. The first-order valence-corrected chi connectivity index (χ1v) is 11.4. The maximum Gasteiger partial charge on any atom is 0.224 e. The van der Waals surface area contributed by atoms with Crippen LogP contribution in [0.4, 0.5) is 5.69 Å². The summed E-state index contributed by atoms with van der Waals surface area (Å²) in [5.74, 6) is 0.407. The third-order valence-electron chi connectivity index (χ3n) is 4.30. The highest BCUT2D eigenvalue weighted by atomic mass is 32.2. The van der Waals surface area contributed by atoms with Crippen LogP contribution < -0.4 is 10.1 Å². The fourth-order valence-corrected chi connectivity index (χ4v) is 3.01. The molecule has 0 fully saturated rings. The molecule has 0 saturated carbocycles. The van der Waals surface area contributed by atoms with Crippen molar-refractivity contribution in [2.24, 2.45) is 0 Å². The number of nitrogens with one attached hydrogen (secondary N) is 1. The quantitative estimate of drug-likeness (QED) is 0.724. The summed E-state index contributed by atoms with van der Waals surface area (Å²) in [5.41, 5.74) is 3.14. The molecule has 152 valence electrons. The average Bonchev–Trinajstić information content (AvgIpc) is 2.59. The first kappa shape index (κ1) is 22.0. The zero-order chi connectivity index (χ0) is 20.8. The predicted octanol–water partition coefficient (Wildman–Crippen LogP) is 3.98. The third kappa shape index (κ3) is 7.72. The molecule has 0 heterocycles. The Bertz CT molecular complexity index is 897. The maximum atomic E-state index is 12.2. The summed E-state index contributed by atoms with van der Waals surface area (Å²) in [6.07, 6.45) is 2.22. The number of sulfone groups is 1. The van der Waals surface area contributed by atoms with Gasteiger partial charge in [-0.15, -0.1) is 0 Å². The lowest BCUT2D eigenvalue weighted by atomic mass is 9.86. The van der Waals surface area contributed by atoms with Crippen molar-refractivity contribution in [3.05, 3.63) is 59.7 Å². The van der Waals surface area contributed by atoms with Crippen molar-refractivity contribution >= 4 is 21.4 Å². The van der Waals surface area contributed by atoms with Crippen LogP contribution in [-0.2, 0) is 26.5 Å². The summed E-state index contributed by atoms with van der Waals surface area (Å²) in [6.45, 7) is 6.61. The monoisotopic (exact) mass is 403 g/mol. The van der Waals surface area contributed by atoms with E-state index >= 15 is 0 Å². The molecule has 0 aliphatic carbocycles. The highest BCUT2D eigenvalue weighted by Gasteiger charge is 2.13. The van der Waals surface area contributed by atoms with E-state index in [1.165, 1.54) is 11.8 Å². The van der Waals surface area contributed by atoms with Gasteiger partial charge in [-0.2, -0.15) is 0 Å². The standard InChI is InChI=1S/C22H29NO4S/c1-22(2,3)18-11-8-17(9-12-18)10-13-21(24)23-19-6-5-7-20(16-19)27-14-15-28(4,25)26/h5-9,11-12,16H,10,13-15H2,1-4H3,(H,23,24). The van der Waals surface area contributed by atoms with Gasteiger partial charge in [0, 0.05) is 24.4 Å². The van der Waals surface area contributed by atoms with Crippen molar-refractivity contribution in [1.82, 2.24) is 0 Å². The molecule has 2 aromatic rings. The number of aryl methyl sites for hydroxylation is 1. The molecule has 0 aliphatic rings. The van der Waals surface area contributed by atoms with Crippen LogP contribution in [0.15, 0.2) is 48.5 Å². The Morgan fingerprint density at radius 2 is 1.75 bits per heavy atom. The summed E-state index contributed by atoms with van der Waals surface area (Å²) in [4.78, 5) is 12.2. The van der Waals surface area contributed by atoms with Gasteiger partial charge >= 0.3 is 0 Å². The fraction of sp³-hybridized carbons (Fsp3) is 0.409. The largest absolute Gasteiger partial charge is 0.492 e. The fourth-order valence-electron chi connectivity index (χ4n) is 2.63. The minimum absolute atomic E-state index is 0.0441. The Hall–Kier alpha value is -2.34. The topological polar surface area (TPSA) is 72.5 Å².